The maximum absolute atomic E-state index is 13.0. The van der Waals surface area contributed by atoms with Gasteiger partial charge in [0.2, 0.25) is 5.91 Å². The van der Waals surface area contributed by atoms with Crippen molar-refractivity contribution in [2.45, 2.75) is 45.8 Å². The van der Waals surface area contributed by atoms with Gasteiger partial charge in [-0.3, -0.25) is 14.5 Å². The van der Waals surface area contributed by atoms with Gasteiger partial charge >= 0.3 is 0 Å². The van der Waals surface area contributed by atoms with Crippen LogP contribution < -0.4 is 5.32 Å². The van der Waals surface area contributed by atoms with Gasteiger partial charge < -0.3 is 15.1 Å². The lowest BCUT2D eigenvalue weighted by atomic mass is 10.0. The van der Waals surface area contributed by atoms with Gasteiger partial charge in [0.25, 0.3) is 5.91 Å². The Kier molecular flexibility index (Phi) is 6.50. The molecule has 1 unspecified atom stereocenters. The van der Waals surface area contributed by atoms with Crippen molar-refractivity contribution in [2.24, 2.45) is 0 Å². The van der Waals surface area contributed by atoms with E-state index in [2.05, 4.69) is 23.3 Å². The van der Waals surface area contributed by atoms with Crippen molar-refractivity contribution in [2.75, 3.05) is 39.8 Å². The lowest BCUT2D eigenvalue weighted by Gasteiger charge is -2.36. The monoisotopic (exact) mass is 372 g/mol. The van der Waals surface area contributed by atoms with E-state index in [1.165, 1.54) is 11.1 Å². The first-order chi connectivity index (χ1) is 13.1. The largest absolute Gasteiger partial charge is 0.338 e. The van der Waals surface area contributed by atoms with Gasteiger partial charge in [0.05, 0.1) is 6.04 Å². The molecule has 1 aromatic rings. The maximum atomic E-state index is 13.0. The minimum absolute atomic E-state index is 0.0184. The van der Waals surface area contributed by atoms with Crippen LogP contribution in [0.15, 0.2) is 18.2 Å². The Morgan fingerprint density at radius 2 is 1.74 bits per heavy atom. The number of nitrogens with zero attached hydrogens (tertiary/aromatic N) is 3. The molecule has 27 heavy (non-hydrogen) atoms. The Morgan fingerprint density at radius 3 is 2.41 bits per heavy atom. The van der Waals surface area contributed by atoms with E-state index in [1.54, 1.807) is 0 Å². The molecular weight excluding hydrogens is 340 g/mol. The third-order valence-corrected chi connectivity index (χ3v) is 5.61. The van der Waals surface area contributed by atoms with Crippen LogP contribution in [0.25, 0.3) is 0 Å². The number of rotatable bonds is 2. The first kappa shape index (κ1) is 19.8. The van der Waals surface area contributed by atoms with Crippen molar-refractivity contribution in [3.63, 3.8) is 0 Å². The van der Waals surface area contributed by atoms with Crippen LogP contribution in [0, 0.1) is 0 Å². The van der Waals surface area contributed by atoms with Gasteiger partial charge in [0.1, 0.15) is 0 Å². The zero-order chi connectivity index (χ0) is 19.4. The van der Waals surface area contributed by atoms with E-state index in [-0.39, 0.29) is 17.9 Å². The van der Waals surface area contributed by atoms with Crippen molar-refractivity contribution >= 4 is 11.8 Å². The summed E-state index contributed by atoms with van der Waals surface area (Å²) >= 11 is 0. The topological polar surface area (TPSA) is 55.9 Å². The minimum Gasteiger partial charge on any atom is -0.338 e. The summed E-state index contributed by atoms with van der Waals surface area (Å²) in [5.74, 6) is 0.310. The van der Waals surface area contributed by atoms with E-state index in [0.717, 1.165) is 38.0 Å². The Hall–Kier alpha value is -1.92. The molecule has 0 saturated carbocycles. The highest BCUT2D eigenvalue weighted by Gasteiger charge is 2.31. The summed E-state index contributed by atoms with van der Waals surface area (Å²) in [6.07, 6.45) is 2.00. The van der Waals surface area contributed by atoms with Crippen LogP contribution in [0.3, 0.4) is 0 Å². The number of piperazine rings is 1. The standard InChI is InChI=1S/C19H26N4O2.C2H6/c1-21-12-14-4-2-5-15(16(14)13-21)18(24)22-8-10-23(11-9-22)19(25)17-6-3-7-20-17;1-2/h2,4-5,17,20H,3,6-13H2,1H3;1-2H3. The Morgan fingerprint density at radius 1 is 1.04 bits per heavy atom. The molecule has 0 spiro atoms. The second kappa shape index (κ2) is 8.85. The summed E-state index contributed by atoms with van der Waals surface area (Å²) in [6, 6.07) is 6.02. The first-order valence-electron chi connectivity index (χ1n) is 10.2. The normalized spacial score (nSPS) is 22.3. The lowest BCUT2D eigenvalue weighted by molar-refractivity contribution is -0.134. The van der Waals surface area contributed by atoms with Crippen molar-refractivity contribution in [3.05, 3.63) is 34.9 Å². The molecular formula is C21H32N4O2. The van der Waals surface area contributed by atoms with E-state index in [4.69, 9.17) is 0 Å². The third-order valence-electron chi connectivity index (χ3n) is 5.61. The van der Waals surface area contributed by atoms with Crippen LogP contribution in [0.1, 0.15) is 48.2 Å². The first-order valence-corrected chi connectivity index (χ1v) is 10.2. The highest BCUT2D eigenvalue weighted by Crippen LogP contribution is 2.26. The quantitative estimate of drug-likeness (QED) is 0.858. The van der Waals surface area contributed by atoms with Gasteiger partial charge in [-0.1, -0.05) is 26.0 Å². The molecule has 3 aliphatic heterocycles. The molecule has 2 amide bonds. The van der Waals surface area contributed by atoms with E-state index < -0.39 is 0 Å². The second-order valence-electron chi connectivity index (χ2n) is 7.38. The van der Waals surface area contributed by atoms with Gasteiger partial charge in [-0.2, -0.15) is 0 Å². The highest BCUT2D eigenvalue weighted by molar-refractivity contribution is 5.96. The van der Waals surface area contributed by atoms with E-state index in [0.29, 0.717) is 26.2 Å². The molecule has 0 aromatic heterocycles. The van der Waals surface area contributed by atoms with Gasteiger partial charge in [0, 0.05) is 44.8 Å². The van der Waals surface area contributed by atoms with Gasteiger partial charge in [0.15, 0.2) is 0 Å². The molecule has 1 aromatic carbocycles. The molecule has 0 radical (unpaired) electrons. The average Bonchev–Trinajstić information content (AvgIpc) is 3.37. The van der Waals surface area contributed by atoms with Gasteiger partial charge in [-0.15, -0.1) is 0 Å². The van der Waals surface area contributed by atoms with Crippen molar-refractivity contribution in [3.8, 4) is 0 Å². The smallest absolute Gasteiger partial charge is 0.254 e. The second-order valence-corrected chi connectivity index (χ2v) is 7.38. The van der Waals surface area contributed by atoms with Crippen molar-refractivity contribution < 1.29 is 9.59 Å². The Labute approximate surface area is 162 Å². The number of fused-ring (bicyclic) bond motifs is 1. The van der Waals surface area contributed by atoms with Crippen LogP contribution in [-0.4, -0.2) is 72.3 Å². The van der Waals surface area contributed by atoms with E-state index in [9.17, 15) is 9.59 Å². The van der Waals surface area contributed by atoms with E-state index >= 15 is 0 Å². The lowest BCUT2D eigenvalue weighted by Crippen LogP contribution is -2.54. The maximum Gasteiger partial charge on any atom is 0.254 e. The summed E-state index contributed by atoms with van der Waals surface area (Å²) in [6.45, 7) is 9.20. The number of benzene rings is 1. The number of carbonyl (C=O) groups is 2. The molecule has 0 bridgehead atoms. The zero-order valence-corrected chi connectivity index (χ0v) is 16.8. The fourth-order valence-corrected chi connectivity index (χ4v) is 4.20. The molecule has 1 atom stereocenters. The Bertz CT molecular complexity index is 677. The number of hydrogen-bond donors (Lipinski definition) is 1. The number of nitrogens with one attached hydrogen (secondary N) is 1. The molecule has 3 heterocycles. The van der Waals surface area contributed by atoms with Crippen LogP contribution in [0.5, 0.6) is 0 Å². The number of amides is 2. The molecule has 1 N–H and O–H groups in total. The van der Waals surface area contributed by atoms with Crippen LogP contribution in [0.2, 0.25) is 0 Å². The fraction of sp³-hybridized carbons (Fsp3) is 0.619. The summed E-state index contributed by atoms with van der Waals surface area (Å²) < 4.78 is 0. The molecule has 0 aliphatic carbocycles. The zero-order valence-electron chi connectivity index (χ0n) is 16.8. The molecule has 3 aliphatic rings. The van der Waals surface area contributed by atoms with Crippen LogP contribution in [0.4, 0.5) is 0 Å². The fourth-order valence-electron chi connectivity index (χ4n) is 4.20. The molecule has 6 nitrogen and oxygen atoms in total. The number of hydrogen-bond acceptors (Lipinski definition) is 4. The highest BCUT2D eigenvalue weighted by atomic mass is 16.2. The van der Waals surface area contributed by atoms with Gasteiger partial charge in [-0.25, -0.2) is 0 Å². The predicted molar refractivity (Wildman–Crippen MR) is 106 cm³/mol. The molecule has 2 fully saturated rings. The van der Waals surface area contributed by atoms with Crippen LogP contribution in [-0.2, 0) is 17.9 Å². The molecule has 148 valence electrons. The number of carbonyl (C=O) groups excluding carboxylic acids is 2. The summed E-state index contributed by atoms with van der Waals surface area (Å²) in [5, 5.41) is 3.27. The molecule has 4 rings (SSSR count). The van der Waals surface area contributed by atoms with Crippen molar-refractivity contribution in [1.82, 2.24) is 20.0 Å². The van der Waals surface area contributed by atoms with Crippen molar-refractivity contribution in [1.29, 1.82) is 0 Å². The van der Waals surface area contributed by atoms with E-state index in [1.807, 2.05) is 35.8 Å². The molecule has 6 heteroatoms. The van der Waals surface area contributed by atoms with Crippen LogP contribution >= 0.6 is 0 Å². The summed E-state index contributed by atoms with van der Waals surface area (Å²) in [7, 11) is 2.08. The predicted octanol–water partition coefficient (Wildman–Crippen LogP) is 1.69. The Balaban J connectivity index is 0.00000102. The summed E-state index contributed by atoms with van der Waals surface area (Å²) in [4.78, 5) is 31.5. The minimum atomic E-state index is -0.0184. The average molecular weight is 373 g/mol. The summed E-state index contributed by atoms with van der Waals surface area (Å²) in [5.41, 5.74) is 3.26. The SMILES string of the molecule is CC.CN1Cc2cccc(C(=O)N3CCN(C(=O)C4CCCN4)CC3)c2C1. The third kappa shape index (κ3) is 4.17. The molecule has 2 saturated heterocycles. The van der Waals surface area contributed by atoms with Gasteiger partial charge in [-0.05, 0) is 43.6 Å².